The first kappa shape index (κ1) is 30.9. The predicted molar refractivity (Wildman–Crippen MR) is 198 cm³/mol. The third kappa shape index (κ3) is 4.81. The number of nitriles is 2. The fraction of sp³-hybridized carbons (Fsp3) is 0.0227. The van der Waals surface area contributed by atoms with Gasteiger partial charge in [-0.2, -0.15) is 23.7 Å². The van der Waals surface area contributed by atoms with Crippen molar-refractivity contribution in [3.05, 3.63) is 162 Å². The summed E-state index contributed by atoms with van der Waals surface area (Å²) >= 11 is 0. The molecule has 0 saturated carbocycles. The van der Waals surface area contributed by atoms with Gasteiger partial charge in [0.05, 0.1) is 73.7 Å². The second kappa shape index (κ2) is 11.7. The maximum atomic E-state index is 15.5. The van der Waals surface area contributed by atoms with E-state index >= 15 is 13.2 Å². The molecule has 0 unspecified atom stereocenters. The number of halogens is 3. The fourth-order valence-electron chi connectivity index (χ4n) is 7.34. The monoisotopic (exact) mass is 679 g/mol. The number of fused-ring (bicyclic) bond motifs is 6. The summed E-state index contributed by atoms with van der Waals surface area (Å²) in [6.45, 7) is 0. The molecule has 0 amide bonds. The summed E-state index contributed by atoms with van der Waals surface area (Å²) < 4.78 is 50.2. The van der Waals surface area contributed by atoms with Crippen molar-refractivity contribution in [1.29, 1.82) is 10.5 Å². The number of alkyl halides is 3. The number of rotatable bonds is 4. The van der Waals surface area contributed by atoms with Crippen molar-refractivity contribution >= 4 is 43.6 Å². The molecule has 0 N–H and O–H groups in total. The zero-order valence-corrected chi connectivity index (χ0v) is 27.2. The number of benzene rings is 6. The molecule has 0 aliphatic rings. The van der Waals surface area contributed by atoms with Crippen LogP contribution in [0.4, 0.5) is 13.2 Å². The molecule has 0 fully saturated rings. The average Bonchev–Trinajstić information content (AvgIpc) is 3.69. The number of aromatic nitrogens is 3. The number of nitrogens with zero attached hydrogens (tertiary/aromatic N) is 5. The maximum Gasteiger partial charge on any atom is 0.417 e. The van der Waals surface area contributed by atoms with Crippen molar-refractivity contribution in [2.24, 2.45) is 0 Å². The molecule has 0 radical (unpaired) electrons. The highest BCUT2D eigenvalue weighted by atomic mass is 19.4. The van der Waals surface area contributed by atoms with Gasteiger partial charge in [-0.1, -0.05) is 72.8 Å². The van der Waals surface area contributed by atoms with Crippen LogP contribution in [0.2, 0.25) is 0 Å². The van der Waals surface area contributed by atoms with Gasteiger partial charge in [0.2, 0.25) is 0 Å². The molecule has 0 atom stereocenters. The molecule has 52 heavy (non-hydrogen) atoms. The summed E-state index contributed by atoms with van der Waals surface area (Å²) in [5, 5.41) is 22.7. The Morgan fingerprint density at radius 3 is 1.54 bits per heavy atom. The van der Waals surface area contributed by atoms with Gasteiger partial charge in [0.1, 0.15) is 0 Å². The first-order valence-electron chi connectivity index (χ1n) is 16.5. The van der Waals surface area contributed by atoms with Crippen LogP contribution < -0.4 is 0 Å². The van der Waals surface area contributed by atoms with Gasteiger partial charge in [0, 0.05) is 32.7 Å². The van der Waals surface area contributed by atoms with Crippen molar-refractivity contribution in [3.8, 4) is 46.0 Å². The van der Waals surface area contributed by atoms with E-state index in [2.05, 4.69) is 12.1 Å². The summed E-state index contributed by atoms with van der Waals surface area (Å²) in [7, 11) is 0. The van der Waals surface area contributed by atoms with E-state index in [0.29, 0.717) is 39.2 Å². The van der Waals surface area contributed by atoms with Crippen LogP contribution in [-0.2, 0) is 6.18 Å². The van der Waals surface area contributed by atoms with Gasteiger partial charge in [0.25, 0.3) is 0 Å². The maximum absolute atomic E-state index is 15.5. The number of pyridine rings is 1. The van der Waals surface area contributed by atoms with Crippen LogP contribution in [0.5, 0.6) is 0 Å². The van der Waals surface area contributed by atoms with Gasteiger partial charge in [-0.15, -0.1) is 0 Å². The Morgan fingerprint density at radius 1 is 0.481 bits per heavy atom. The van der Waals surface area contributed by atoms with E-state index in [1.165, 1.54) is 6.07 Å². The van der Waals surface area contributed by atoms with E-state index in [-0.39, 0.29) is 11.3 Å². The van der Waals surface area contributed by atoms with Gasteiger partial charge in [0.15, 0.2) is 0 Å². The molecule has 0 saturated heterocycles. The van der Waals surface area contributed by atoms with Crippen LogP contribution in [0.15, 0.2) is 146 Å². The molecule has 0 spiro atoms. The number of para-hydroxylation sites is 2. The van der Waals surface area contributed by atoms with Crippen molar-refractivity contribution in [2.75, 3.05) is 0 Å². The molecule has 3 heterocycles. The van der Waals surface area contributed by atoms with E-state index in [1.807, 2.05) is 100 Å². The predicted octanol–water partition coefficient (Wildman–Crippen LogP) is 11.4. The van der Waals surface area contributed by atoms with E-state index in [1.54, 1.807) is 48.5 Å². The van der Waals surface area contributed by atoms with E-state index in [0.717, 1.165) is 38.1 Å². The summed E-state index contributed by atoms with van der Waals surface area (Å²) in [5.74, 6) is 0. The highest BCUT2D eigenvalue weighted by Crippen LogP contribution is 2.45. The highest BCUT2D eigenvalue weighted by Gasteiger charge is 2.36. The molecule has 8 heteroatoms. The third-order valence-electron chi connectivity index (χ3n) is 9.60. The minimum absolute atomic E-state index is 0.0730. The molecular weight excluding hydrogens is 656 g/mol. The molecule has 6 aromatic carbocycles. The minimum Gasteiger partial charge on any atom is -0.307 e. The van der Waals surface area contributed by atoms with Crippen LogP contribution in [0, 0.1) is 22.7 Å². The first-order chi connectivity index (χ1) is 25.3. The topological polar surface area (TPSA) is 70.3 Å². The number of hydrogen-bond donors (Lipinski definition) is 0. The van der Waals surface area contributed by atoms with Gasteiger partial charge in [-0.3, -0.25) is 0 Å². The Balaban J connectivity index is 1.46. The second-order valence-corrected chi connectivity index (χ2v) is 12.6. The largest absolute Gasteiger partial charge is 0.417 e. The standard InChI is InChI=1S/C44H24F3N5/c45-44(46,47)35-24-43(52-39-16-7-5-12-31(39)33-22-28(26-49)18-20-41(33)52)42(23-34(35)37-14-8-13-36(50-37)29-9-2-1-3-10-29)51-38-15-6-4-11-30(38)32-21-27(25-48)17-19-40(32)51/h1-24H. The molecule has 0 aliphatic carbocycles. The summed E-state index contributed by atoms with van der Waals surface area (Å²) in [4.78, 5) is 4.79. The van der Waals surface area contributed by atoms with Crippen LogP contribution >= 0.6 is 0 Å². The lowest BCUT2D eigenvalue weighted by atomic mass is 9.99. The zero-order chi connectivity index (χ0) is 35.6. The Bertz CT molecular complexity index is 2980. The summed E-state index contributed by atoms with van der Waals surface area (Å²) in [6, 6.07) is 47.5. The van der Waals surface area contributed by atoms with Crippen LogP contribution in [0.25, 0.3) is 77.5 Å². The van der Waals surface area contributed by atoms with Crippen molar-refractivity contribution in [3.63, 3.8) is 0 Å². The molecular formula is C44H24F3N5. The van der Waals surface area contributed by atoms with E-state index in [4.69, 9.17) is 4.98 Å². The van der Waals surface area contributed by atoms with E-state index < -0.39 is 11.7 Å². The third-order valence-corrected chi connectivity index (χ3v) is 9.60. The molecule has 246 valence electrons. The zero-order valence-electron chi connectivity index (χ0n) is 27.2. The fourth-order valence-corrected chi connectivity index (χ4v) is 7.34. The van der Waals surface area contributed by atoms with Gasteiger partial charge < -0.3 is 9.13 Å². The lowest BCUT2D eigenvalue weighted by molar-refractivity contribution is -0.137. The van der Waals surface area contributed by atoms with Gasteiger partial charge in [-0.05, 0) is 72.8 Å². The Morgan fingerprint density at radius 2 is 0.981 bits per heavy atom. The second-order valence-electron chi connectivity index (χ2n) is 12.6. The molecule has 9 rings (SSSR count). The molecule has 9 aromatic rings. The van der Waals surface area contributed by atoms with Crippen LogP contribution in [-0.4, -0.2) is 14.1 Å². The minimum atomic E-state index is -4.75. The van der Waals surface area contributed by atoms with Crippen molar-refractivity contribution < 1.29 is 13.2 Å². The Hall–Kier alpha value is -7.16. The molecule has 5 nitrogen and oxygen atoms in total. The lowest BCUT2D eigenvalue weighted by Crippen LogP contribution is -2.12. The molecule has 3 aromatic heterocycles. The quantitative estimate of drug-likeness (QED) is 0.186. The summed E-state index contributed by atoms with van der Waals surface area (Å²) in [6.07, 6.45) is -4.75. The first-order valence-corrected chi connectivity index (χ1v) is 16.5. The van der Waals surface area contributed by atoms with Crippen molar-refractivity contribution in [2.45, 2.75) is 6.18 Å². The summed E-state index contributed by atoms with van der Waals surface area (Å²) in [5.41, 5.74) is 5.12. The van der Waals surface area contributed by atoms with Crippen molar-refractivity contribution in [1.82, 2.24) is 14.1 Å². The number of hydrogen-bond acceptors (Lipinski definition) is 3. The van der Waals surface area contributed by atoms with Crippen LogP contribution in [0.3, 0.4) is 0 Å². The van der Waals surface area contributed by atoms with E-state index in [9.17, 15) is 10.5 Å². The van der Waals surface area contributed by atoms with Gasteiger partial charge >= 0.3 is 6.18 Å². The normalized spacial score (nSPS) is 11.7. The molecule has 0 aliphatic heterocycles. The Kier molecular flexibility index (Phi) is 6.96. The Labute approximate surface area is 295 Å². The molecule has 0 bridgehead atoms. The lowest BCUT2D eigenvalue weighted by Gasteiger charge is -2.22. The highest BCUT2D eigenvalue weighted by molar-refractivity contribution is 6.12. The smallest absolute Gasteiger partial charge is 0.307 e. The van der Waals surface area contributed by atoms with Gasteiger partial charge in [-0.25, -0.2) is 4.98 Å². The van der Waals surface area contributed by atoms with Crippen LogP contribution in [0.1, 0.15) is 16.7 Å². The SMILES string of the molecule is N#Cc1ccc2c(c1)c1ccccc1n2-c1cc(-c2cccc(-c3ccccc3)n2)c(C(F)(F)F)cc1-n1c2ccccc2c2cc(C#N)ccc21. The average molecular weight is 680 g/mol.